The molecule has 5 heteroatoms. The molecular weight excluding hydrogens is 152 g/mol. The maximum atomic E-state index is 10.2. The minimum atomic E-state index is -0.919. The first-order chi connectivity index (χ1) is 4.57. The maximum Gasteiger partial charge on any atom is 0.325 e. The Morgan fingerprint density at radius 3 is 2.50 bits per heavy atom. The van der Waals surface area contributed by atoms with Gasteiger partial charge in [0.1, 0.15) is 6.04 Å². The largest absolute Gasteiger partial charge is 0.480 e. The van der Waals surface area contributed by atoms with Crippen LogP contribution in [-0.4, -0.2) is 29.3 Å². The van der Waals surface area contributed by atoms with Crippen molar-refractivity contribution in [1.29, 1.82) is 0 Å². The Balaban J connectivity index is 3.68. The molecule has 0 fully saturated rings. The number of aliphatic carboxylic acids is 1. The van der Waals surface area contributed by atoms with Crippen molar-refractivity contribution in [3.8, 4) is 0 Å². The molecule has 4 nitrogen and oxygen atoms in total. The zero-order valence-electron chi connectivity index (χ0n) is 5.84. The summed E-state index contributed by atoms with van der Waals surface area (Å²) in [6.45, 7) is 1.52. The summed E-state index contributed by atoms with van der Waals surface area (Å²) in [5.41, 5.74) is 0. The van der Waals surface area contributed by atoms with E-state index in [1.807, 2.05) is 0 Å². The van der Waals surface area contributed by atoms with Crippen LogP contribution in [0.3, 0.4) is 0 Å². The summed E-state index contributed by atoms with van der Waals surface area (Å²) >= 11 is 4.67. The molecule has 58 valence electrons. The van der Waals surface area contributed by atoms with Crippen LogP contribution in [0, 0.1) is 0 Å². The minimum Gasteiger partial charge on any atom is -0.480 e. The van der Waals surface area contributed by atoms with E-state index in [1.54, 1.807) is 7.05 Å². The molecule has 1 atom stereocenters. The van der Waals surface area contributed by atoms with Crippen molar-refractivity contribution < 1.29 is 9.90 Å². The van der Waals surface area contributed by atoms with Gasteiger partial charge in [-0.05, 0) is 19.1 Å². The topological polar surface area (TPSA) is 61.4 Å². The first-order valence-electron chi connectivity index (χ1n) is 2.79. The zero-order chi connectivity index (χ0) is 8.15. The van der Waals surface area contributed by atoms with Crippen LogP contribution >= 0.6 is 12.2 Å². The van der Waals surface area contributed by atoms with Gasteiger partial charge in [-0.3, -0.25) is 4.79 Å². The van der Waals surface area contributed by atoms with E-state index in [2.05, 4.69) is 22.9 Å². The number of hydrogen-bond acceptors (Lipinski definition) is 2. The Morgan fingerprint density at radius 1 is 1.70 bits per heavy atom. The van der Waals surface area contributed by atoms with Gasteiger partial charge in [-0.2, -0.15) is 0 Å². The van der Waals surface area contributed by atoms with Gasteiger partial charge in [0, 0.05) is 7.05 Å². The zero-order valence-corrected chi connectivity index (χ0v) is 6.66. The van der Waals surface area contributed by atoms with E-state index in [1.165, 1.54) is 6.92 Å². The van der Waals surface area contributed by atoms with E-state index in [9.17, 15) is 4.79 Å². The lowest BCUT2D eigenvalue weighted by molar-refractivity contribution is -0.138. The van der Waals surface area contributed by atoms with Crippen LogP contribution in [0.5, 0.6) is 0 Å². The molecule has 10 heavy (non-hydrogen) atoms. The summed E-state index contributed by atoms with van der Waals surface area (Å²) < 4.78 is 0. The monoisotopic (exact) mass is 162 g/mol. The van der Waals surface area contributed by atoms with Crippen LogP contribution in [-0.2, 0) is 4.79 Å². The molecule has 0 rings (SSSR count). The molecule has 0 aromatic carbocycles. The molecule has 0 aromatic rings. The van der Waals surface area contributed by atoms with Crippen molar-refractivity contribution in [3.63, 3.8) is 0 Å². The second-order valence-corrected chi connectivity index (χ2v) is 2.19. The third kappa shape index (κ3) is 3.24. The van der Waals surface area contributed by atoms with Gasteiger partial charge in [-0.25, -0.2) is 0 Å². The number of carbonyl (C=O) groups is 1. The first-order valence-corrected chi connectivity index (χ1v) is 3.19. The third-order valence-electron chi connectivity index (χ3n) is 0.945. The highest BCUT2D eigenvalue weighted by Crippen LogP contribution is 1.79. The summed E-state index contributed by atoms with van der Waals surface area (Å²) in [7, 11) is 1.63. The fraction of sp³-hybridized carbons (Fsp3) is 0.600. The number of carboxylic acid groups (broad SMARTS) is 1. The van der Waals surface area contributed by atoms with E-state index in [-0.39, 0.29) is 0 Å². The molecular formula is C5H10N2O2S. The van der Waals surface area contributed by atoms with Gasteiger partial charge in [-0.1, -0.05) is 0 Å². The van der Waals surface area contributed by atoms with Crippen LogP contribution in [0.4, 0.5) is 0 Å². The number of nitrogens with one attached hydrogen (secondary N) is 2. The maximum absolute atomic E-state index is 10.2. The first kappa shape index (κ1) is 9.16. The van der Waals surface area contributed by atoms with Crippen molar-refractivity contribution in [2.75, 3.05) is 7.05 Å². The molecule has 0 aliphatic heterocycles. The molecule has 0 aromatic heterocycles. The van der Waals surface area contributed by atoms with Crippen molar-refractivity contribution in [2.45, 2.75) is 13.0 Å². The number of thiocarbonyl (C=S) groups is 1. The van der Waals surface area contributed by atoms with Gasteiger partial charge in [0.2, 0.25) is 0 Å². The lowest BCUT2D eigenvalue weighted by Gasteiger charge is -2.09. The van der Waals surface area contributed by atoms with Crippen molar-refractivity contribution in [2.24, 2.45) is 0 Å². The molecule has 0 saturated heterocycles. The Morgan fingerprint density at radius 2 is 2.20 bits per heavy atom. The Bertz CT molecular complexity index is 149. The Kier molecular flexibility index (Phi) is 3.71. The SMILES string of the molecule is CNC(=S)N[C@@H](C)C(=O)O. The summed E-state index contributed by atoms with van der Waals surface area (Å²) in [5, 5.41) is 13.9. The Labute approximate surface area is 64.6 Å². The standard InChI is InChI=1S/C5H10N2O2S/c1-3(4(8)9)7-5(10)6-2/h3H,1-2H3,(H,8,9)(H2,6,7,10)/t3-/m0/s1. The van der Waals surface area contributed by atoms with E-state index < -0.39 is 12.0 Å². The average molecular weight is 162 g/mol. The number of hydrogen-bond donors (Lipinski definition) is 3. The van der Waals surface area contributed by atoms with Gasteiger partial charge in [-0.15, -0.1) is 0 Å². The minimum absolute atomic E-state index is 0.343. The highest BCUT2D eigenvalue weighted by Gasteiger charge is 2.09. The van der Waals surface area contributed by atoms with Gasteiger partial charge in [0.25, 0.3) is 0 Å². The summed E-state index contributed by atoms with van der Waals surface area (Å²) in [4.78, 5) is 10.2. The predicted octanol–water partition coefficient (Wildman–Crippen LogP) is -0.447. The van der Waals surface area contributed by atoms with Crippen LogP contribution in [0.25, 0.3) is 0 Å². The van der Waals surface area contributed by atoms with E-state index >= 15 is 0 Å². The van der Waals surface area contributed by atoms with Gasteiger partial charge < -0.3 is 15.7 Å². The molecule has 0 heterocycles. The molecule has 0 aliphatic rings. The van der Waals surface area contributed by atoms with Crippen molar-refractivity contribution in [1.82, 2.24) is 10.6 Å². The molecule has 0 saturated carbocycles. The second-order valence-electron chi connectivity index (χ2n) is 1.78. The van der Waals surface area contributed by atoms with Crippen LogP contribution < -0.4 is 10.6 Å². The van der Waals surface area contributed by atoms with Crippen LogP contribution in [0.15, 0.2) is 0 Å². The van der Waals surface area contributed by atoms with Crippen LogP contribution in [0.2, 0.25) is 0 Å². The normalized spacial score (nSPS) is 11.8. The predicted molar refractivity (Wildman–Crippen MR) is 41.9 cm³/mol. The second kappa shape index (κ2) is 4.05. The molecule has 0 amide bonds. The fourth-order valence-electron chi connectivity index (χ4n) is 0.331. The quantitative estimate of drug-likeness (QED) is 0.480. The smallest absolute Gasteiger partial charge is 0.325 e. The molecule has 3 N–H and O–H groups in total. The summed E-state index contributed by atoms with van der Waals surface area (Å²) in [6.07, 6.45) is 0. The average Bonchev–Trinajstić information content (AvgIpc) is 1.87. The summed E-state index contributed by atoms with van der Waals surface area (Å²) in [6, 6.07) is -0.639. The van der Waals surface area contributed by atoms with E-state index in [0.29, 0.717) is 5.11 Å². The molecule has 0 unspecified atom stereocenters. The number of rotatable bonds is 2. The fourth-order valence-corrected chi connectivity index (χ4v) is 0.507. The molecule has 0 aliphatic carbocycles. The van der Waals surface area contributed by atoms with Gasteiger partial charge in [0.05, 0.1) is 0 Å². The molecule has 0 bridgehead atoms. The van der Waals surface area contributed by atoms with E-state index in [4.69, 9.17) is 5.11 Å². The molecule has 0 radical (unpaired) electrons. The lowest BCUT2D eigenvalue weighted by Crippen LogP contribution is -2.42. The third-order valence-corrected chi connectivity index (χ3v) is 1.27. The van der Waals surface area contributed by atoms with Crippen molar-refractivity contribution in [3.05, 3.63) is 0 Å². The summed E-state index contributed by atoms with van der Waals surface area (Å²) in [5.74, 6) is -0.919. The lowest BCUT2D eigenvalue weighted by atomic mass is 10.3. The Hall–Kier alpha value is -0.840. The van der Waals surface area contributed by atoms with E-state index in [0.717, 1.165) is 0 Å². The highest BCUT2D eigenvalue weighted by molar-refractivity contribution is 7.80. The number of carboxylic acids is 1. The molecule has 0 spiro atoms. The van der Waals surface area contributed by atoms with Crippen LogP contribution in [0.1, 0.15) is 6.92 Å². The van der Waals surface area contributed by atoms with Gasteiger partial charge in [0.15, 0.2) is 5.11 Å². The van der Waals surface area contributed by atoms with Crippen molar-refractivity contribution >= 4 is 23.3 Å². The highest BCUT2D eigenvalue weighted by atomic mass is 32.1. The van der Waals surface area contributed by atoms with Gasteiger partial charge >= 0.3 is 5.97 Å².